The molecule has 0 heterocycles. The molecule has 1 N–H and O–H groups in total. The molecule has 4 heteroatoms. The molecule has 18 heavy (non-hydrogen) atoms. The first-order valence-corrected chi connectivity index (χ1v) is 7.11. The van der Waals surface area contributed by atoms with Crippen molar-refractivity contribution in [3.8, 4) is 0 Å². The lowest BCUT2D eigenvalue weighted by molar-refractivity contribution is 0.627. The number of hydrogen-bond acceptors (Lipinski definition) is 2. The van der Waals surface area contributed by atoms with E-state index in [0.29, 0.717) is 6.54 Å². The molecule has 0 unspecified atom stereocenters. The Morgan fingerprint density at radius 1 is 1.22 bits per heavy atom. The highest BCUT2D eigenvalue weighted by Gasteiger charge is 2.01. The molecular formula is C14H13ClFNS. The second kappa shape index (κ2) is 6.12. The molecule has 0 aliphatic heterocycles. The summed E-state index contributed by atoms with van der Waals surface area (Å²) in [5.41, 5.74) is 2.00. The number of hydrogen-bond donors (Lipinski definition) is 1. The third-order valence-corrected chi connectivity index (χ3v) is 3.57. The van der Waals surface area contributed by atoms with Crippen molar-refractivity contribution in [1.82, 2.24) is 0 Å². The Balaban J connectivity index is 2.04. The van der Waals surface area contributed by atoms with Crippen LogP contribution in [0.15, 0.2) is 47.4 Å². The summed E-state index contributed by atoms with van der Waals surface area (Å²) in [6.45, 7) is 0.623. The highest BCUT2D eigenvalue weighted by Crippen LogP contribution is 2.20. The lowest BCUT2D eigenvalue weighted by Crippen LogP contribution is -1.99. The summed E-state index contributed by atoms with van der Waals surface area (Å²) in [5.74, 6) is -0.384. The maximum absolute atomic E-state index is 13.0. The minimum atomic E-state index is -0.384. The van der Waals surface area contributed by atoms with Gasteiger partial charge in [0.2, 0.25) is 0 Å². The first-order valence-electron chi connectivity index (χ1n) is 5.51. The second-order valence-electron chi connectivity index (χ2n) is 3.83. The lowest BCUT2D eigenvalue weighted by Gasteiger charge is -2.08. The van der Waals surface area contributed by atoms with Crippen molar-refractivity contribution in [2.24, 2.45) is 0 Å². The maximum atomic E-state index is 13.0. The number of nitrogens with one attached hydrogen (secondary N) is 1. The van der Waals surface area contributed by atoms with Crippen molar-refractivity contribution in [3.05, 3.63) is 58.9 Å². The van der Waals surface area contributed by atoms with Crippen molar-refractivity contribution in [1.29, 1.82) is 0 Å². The average Bonchev–Trinajstić information content (AvgIpc) is 2.40. The van der Waals surface area contributed by atoms with Crippen LogP contribution in [0.2, 0.25) is 5.02 Å². The fraction of sp³-hybridized carbons (Fsp3) is 0.143. The summed E-state index contributed by atoms with van der Waals surface area (Å²) >= 11 is 7.44. The van der Waals surface area contributed by atoms with Crippen LogP contribution in [-0.2, 0) is 6.54 Å². The Labute approximate surface area is 115 Å². The minimum Gasteiger partial charge on any atom is -0.381 e. The van der Waals surface area contributed by atoms with Crippen LogP contribution >= 0.6 is 23.4 Å². The van der Waals surface area contributed by atoms with E-state index in [9.17, 15) is 4.39 Å². The van der Waals surface area contributed by atoms with Gasteiger partial charge in [-0.15, -0.1) is 11.8 Å². The molecule has 94 valence electrons. The molecule has 0 aromatic heterocycles. The SMILES string of the molecule is CSc1cccc(NCc2ccc(F)c(Cl)c2)c1. The van der Waals surface area contributed by atoms with Crippen molar-refractivity contribution in [2.75, 3.05) is 11.6 Å². The molecule has 2 rings (SSSR count). The second-order valence-corrected chi connectivity index (χ2v) is 5.12. The molecule has 0 bridgehead atoms. The van der Waals surface area contributed by atoms with Gasteiger partial charge in [0.05, 0.1) is 5.02 Å². The minimum absolute atomic E-state index is 0.159. The largest absolute Gasteiger partial charge is 0.381 e. The predicted molar refractivity (Wildman–Crippen MR) is 77.0 cm³/mol. The van der Waals surface area contributed by atoms with E-state index in [-0.39, 0.29) is 10.8 Å². The Bertz CT molecular complexity index is 545. The summed E-state index contributed by atoms with van der Waals surface area (Å²) in [7, 11) is 0. The van der Waals surface area contributed by atoms with Crippen LogP contribution < -0.4 is 5.32 Å². The zero-order chi connectivity index (χ0) is 13.0. The van der Waals surface area contributed by atoms with Crippen LogP contribution in [0.4, 0.5) is 10.1 Å². The van der Waals surface area contributed by atoms with Gasteiger partial charge in [-0.05, 0) is 42.2 Å². The van der Waals surface area contributed by atoms with Crippen molar-refractivity contribution >= 4 is 29.1 Å². The molecule has 0 spiro atoms. The molecule has 0 aliphatic carbocycles. The van der Waals surface area contributed by atoms with Crippen LogP contribution in [0.5, 0.6) is 0 Å². The lowest BCUT2D eigenvalue weighted by atomic mass is 10.2. The summed E-state index contributed by atoms with van der Waals surface area (Å²) in [6.07, 6.45) is 2.04. The summed E-state index contributed by atoms with van der Waals surface area (Å²) in [5, 5.41) is 3.45. The number of thioether (sulfide) groups is 1. The number of halogens is 2. The van der Waals surface area contributed by atoms with Gasteiger partial charge in [-0.3, -0.25) is 0 Å². The van der Waals surface area contributed by atoms with Crippen molar-refractivity contribution in [3.63, 3.8) is 0 Å². The smallest absolute Gasteiger partial charge is 0.141 e. The summed E-state index contributed by atoms with van der Waals surface area (Å²) < 4.78 is 13.0. The Hall–Kier alpha value is -1.19. The normalized spacial score (nSPS) is 10.4. The van der Waals surface area contributed by atoms with Crippen LogP contribution in [0, 0.1) is 5.82 Å². The van der Waals surface area contributed by atoms with Gasteiger partial charge < -0.3 is 5.32 Å². The molecule has 2 aromatic rings. The molecule has 2 aromatic carbocycles. The topological polar surface area (TPSA) is 12.0 Å². The van der Waals surface area contributed by atoms with Gasteiger partial charge in [0.25, 0.3) is 0 Å². The van der Waals surface area contributed by atoms with Gasteiger partial charge in [-0.2, -0.15) is 0 Å². The highest BCUT2D eigenvalue weighted by molar-refractivity contribution is 7.98. The van der Waals surface area contributed by atoms with Crippen molar-refractivity contribution in [2.45, 2.75) is 11.4 Å². The van der Waals surface area contributed by atoms with Gasteiger partial charge in [0.1, 0.15) is 5.82 Å². The maximum Gasteiger partial charge on any atom is 0.141 e. The van der Waals surface area contributed by atoms with E-state index in [1.165, 1.54) is 11.0 Å². The molecule has 0 atom stereocenters. The van der Waals surface area contributed by atoms with Gasteiger partial charge in [-0.25, -0.2) is 4.39 Å². The van der Waals surface area contributed by atoms with E-state index in [4.69, 9.17) is 11.6 Å². The van der Waals surface area contributed by atoms with Crippen LogP contribution in [0.3, 0.4) is 0 Å². The first-order chi connectivity index (χ1) is 8.69. The van der Waals surface area contributed by atoms with Crippen LogP contribution in [0.25, 0.3) is 0 Å². The zero-order valence-corrected chi connectivity index (χ0v) is 11.5. The van der Waals surface area contributed by atoms with Gasteiger partial charge in [0, 0.05) is 17.1 Å². The van der Waals surface area contributed by atoms with Crippen LogP contribution in [-0.4, -0.2) is 6.26 Å². The van der Waals surface area contributed by atoms with E-state index in [2.05, 4.69) is 17.4 Å². The molecule has 0 saturated carbocycles. The third-order valence-electron chi connectivity index (χ3n) is 2.55. The Morgan fingerprint density at radius 3 is 2.78 bits per heavy atom. The fourth-order valence-electron chi connectivity index (χ4n) is 1.59. The van der Waals surface area contributed by atoms with E-state index in [1.54, 1.807) is 23.9 Å². The van der Waals surface area contributed by atoms with E-state index < -0.39 is 0 Å². The quantitative estimate of drug-likeness (QED) is 0.807. The van der Waals surface area contributed by atoms with E-state index in [1.807, 2.05) is 18.4 Å². The standard InChI is InChI=1S/C14H13ClFNS/c1-18-12-4-2-3-11(8-12)17-9-10-5-6-14(16)13(15)7-10/h2-8,17H,9H2,1H3. The zero-order valence-electron chi connectivity index (χ0n) is 9.91. The Morgan fingerprint density at radius 2 is 2.06 bits per heavy atom. The number of anilines is 1. The molecule has 0 aliphatic rings. The monoisotopic (exact) mass is 281 g/mol. The molecule has 0 saturated heterocycles. The number of benzene rings is 2. The molecule has 1 nitrogen and oxygen atoms in total. The average molecular weight is 282 g/mol. The molecule has 0 radical (unpaired) electrons. The van der Waals surface area contributed by atoms with Crippen LogP contribution in [0.1, 0.15) is 5.56 Å². The molecule has 0 fully saturated rings. The molecular weight excluding hydrogens is 269 g/mol. The van der Waals surface area contributed by atoms with E-state index >= 15 is 0 Å². The summed E-state index contributed by atoms with van der Waals surface area (Å²) in [6, 6.07) is 12.9. The highest BCUT2D eigenvalue weighted by atomic mass is 35.5. The predicted octanol–water partition coefficient (Wildman–Crippen LogP) is 4.81. The third kappa shape index (κ3) is 3.40. The Kier molecular flexibility index (Phi) is 4.50. The van der Waals surface area contributed by atoms with Gasteiger partial charge in [-0.1, -0.05) is 23.7 Å². The number of rotatable bonds is 4. The molecule has 0 amide bonds. The fourth-order valence-corrected chi connectivity index (χ4v) is 2.25. The van der Waals surface area contributed by atoms with Gasteiger partial charge >= 0.3 is 0 Å². The van der Waals surface area contributed by atoms with Crippen molar-refractivity contribution < 1.29 is 4.39 Å². The van der Waals surface area contributed by atoms with Gasteiger partial charge in [0.15, 0.2) is 0 Å². The van der Waals surface area contributed by atoms with E-state index in [0.717, 1.165) is 11.3 Å². The first kappa shape index (κ1) is 13.2. The summed E-state index contributed by atoms with van der Waals surface area (Å²) in [4.78, 5) is 1.21.